The van der Waals surface area contributed by atoms with E-state index in [4.69, 9.17) is 0 Å². The lowest BCUT2D eigenvalue weighted by Crippen LogP contribution is -2.39. The number of likely N-dealkylation sites (N-methyl/N-ethyl adjacent to an activating group) is 1. The van der Waals surface area contributed by atoms with E-state index in [0.717, 1.165) is 6.54 Å². The van der Waals surface area contributed by atoms with Gasteiger partial charge in [0, 0.05) is 13.1 Å². The minimum absolute atomic E-state index is 0.0557. The topological polar surface area (TPSA) is 61.8 Å². The molecule has 0 aromatic rings. The molecule has 15 heavy (non-hydrogen) atoms. The summed E-state index contributed by atoms with van der Waals surface area (Å²) in [6.07, 6.45) is 0.656. The maximum absolute atomic E-state index is 11.1. The molecule has 0 aromatic carbocycles. The maximum Gasteiger partial charge on any atom is 0.257 e. The van der Waals surface area contributed by atoms with Crippen LogP contribution in [-0.2, 0) is 9.53 Å². The Hall–Kier alpha value is -1.07. The monoisotopic (exact) mass is 216 g/mol. The van der Waals surface area contributed by atoms with Crippen molar-refractivity contribution >= 4 is 5.91 Å². The third-order valence-corrected chi connectivity index (χ3v) is 1.93. The Labute approximate surface area is 90.7 Å². The normalized spacial score (nSPS) is 12.3. The molecule has 0 heterocycles. The molecular weight excluding hydrogens is 196 g/mol. The molecule has 0 saturated carbocycles. The van der Waals surface area contributed by atoms with E-state index in [1.807, 2.05) is 18.9 Å². The van der Waals surface area contributed by atoms with E-state index in [-0.39, 0.29) is 19.1 Å². The number of carbonyl (C=O) groups is 1. The molecule has 0 aliphatic rings. The summed E-state index contributed by atoms with van der Waals surface area (Å²) in [6, 6.07) is 0. The van der Waals surface area contributed by atoms with Crippen LogP contribution in [0.2, 0.25) is 0 Å². The second kappa shape index (κ2) is 8.26. The van der Waals surface area contributed by atoms with Crippen LogP contribution >= 0.6 is 0 Å². The van der Waals surface area contributed by atoms with Crippen molar-refractivity contribution in [2.45, 2.75) is 13.0 Å². The number of nitrogens with one attached hydrogen (secondary N) is 1. The molecule has 0 bridgehead atoms. The molecule has 0 radical (unpaired) electrons. The Morgan fingerprint density at radius 3 is 2.93 bits per heavy atom. The number of rotatable bonds is 8. The van der Waals surface area contributed by atoms with Crippen LogP contribution in [0.1, 0.15) is 6.92 Å². The highest BCUT2D eigenvalue weighted by molar-refractivity contribution is 5.77. The van der Waals surface area contributed by atoms with E-state index in [0.29, 0.717) is 6.54 Å². The van der Waals surface area contributed by atoms with Crippen LogP contribution in [0.3, 0.4) is 0 Å². The number of hydrogen-bond donors (Lipinski definition) is 2. The first-order valence-electron chi connectivity index (χ1n) is 4.96. The fourth-order valence-electron chi connectivity index (χ4n) is 0.971. The molecule has 2 N–H and O–H groups in total. The zero-order chi connectivity index (χ0) is 11.7. The highest BCUT2D eigenvalue weighted by Crippen LogP contribution is 1.87. The number of hydrogen-bond acceptors (Lipinski definition) is 4. The van der Waals surface area contributed by atoms with Crippen LogP contribution in [0.4, 0.5) is 0 Å². The molecule has 1 atom stereocenters. The number of ether oxygens (including phenoxy) is 1. The molecule has 0 spiro atoms. The van der Waals surface area contributed by atoms with E-state index < -0.39 is 6.10 Å². The molecule has 5 nitrogen and oxygen atoms in total. The van der Waals surface area contributed by atoms with Gasteiger partial charge in [0.15, 0.2) is 6.61 Å². The summed E-state index contributed by atoms with van der Waals surface area (Å²) in [5.74, 6) is -0.256. The molecule has 0 rings (SSSR count). The number of amides is 1. The number of nitrogens with zero attached hydrogens (tertiary/aromatic N) is 1. The first-order chi connectivity index (χ1) is 7.10. The van der Waals surface area contributed by atoms with Gasteiger partial charge in [-0.05, 0) is 13.6 Å². The highest BCUT2D eigenvalue weighted by atomic mass is 16.5. The van der Waals surface area contributed by atoms with Crippen molar-refractivity contribution in [3.8, 4) is 0 Å². The van der Waals surface area contributed by atoms with Crippen molar-refractivity contribution in [2.75, 3.05) is 33.3 Å². The number of aliphatic hydroxyl groups excluding tert-OH is 1. The first kappa shape index (κ1) is 13.9. The first-order valence-corrected chi connectivity index (χ1v) is 4.96. The third-order valence-electron chi connectivity index (χ3n) is 1.93. The zero-order valence-electron chi connectivity index (χ0n) is 9.40. The van der Waals surface area contributed by atoms with Crippen molar-refractivity contribution < 1.29 is 14.6 Å². The molecule has 0 aliphatic carbocycles. The quantitative estimate of drug-likeness (QED) is 0.541. The fourth-order valence-corrected chi connectivity index (χ4v) is 0.971. The third kappa shape index (κ3) is 7.96. The van der Waals surface area contributed by atoms with Gasteiger partial charge in [0.2, 0.25) is 0 Å². The Morgan fingerprint density at radius 2 is 2.40 bits per heavy atom. The Kier molecular flexibility index (Phi) is 7.67. The summed E-state index contributed by atoms with van der Waals surface area (Å²) in [4.78, 5) is 13.0. The van der Waals surface area contributed by atoms with E-state index in [1.54, 1.807) is 0 Å². The summed E-state index contributed by atoms with van der Waals surface area (Å²) in [5, 5.41) is 12.1. The van der Waals surface area contributed by atoms with Gasteiger partial charge < -0.3 is 20.1 Å². The van der Waals surface area contributed by atoms with E-state index in [1.165, 1.54) is 6.26 Å². The van der Waals surface area contributed by atoms with Crippen LogP contribution in [0.5, 0.6) is 0 Å². The van der Waals surface area contributed by atoms with Crippen molar-refractivity contribution in [1.29, 1.82) is 0 Å². The van der Waals surface area contributed by atoms with Crippen LogP contribution in [0, 0.1) is 0 Å². The number of carbonyl (C=O) groups excluding carboxylic acids is 1. The predicted molar refractivity (Wildman–Crippen MR) is 58.3 cm³/mol. The van der Waals surface area contributed by atoms with Gasteiger partial charge in [0.1, 0.15) is 0 Å². The second-order valence-corrected chi connectivity index (χ2v) is 3.29. The van der Waals surface area contributed by atoms with Gasteiger partial charge in [0.05, 0.1) is 12.4 Å². The van der Waals surface area contributed by atoms with E-state index in [9.17, 15) is 9.90 Å². The average molecular weight is 216 g/mol. The summed E-state index contributed by atoms with van der Waals surface area (Å²) < 4.78 is 4.69. The van der Waals surface area contributed by atoms with Crippen LogP contribution < -0.4 is 5.32 Å². The molecule has 1 unspecified atom stereocenters. The minimum Gasteiger partial charge on any atom is -0.492 e. The minimum atomic E-state index is -0.553. The molecule has 5 heteroatoms. The lowest BCUT2D eigenvalue weighted by atomic mass is 10.3. The maximum atomic E-state index is 11.1. The molecule has 1 amide bonds. The molecule has 0 aliphatic heterocycles. The summed E-state index contributed by atoms with van der Waals surface area (Å²) in [6.45, 7) is 6.91. The standard InChI is InChI=1S/C10H20N2O3/c1-4-12(3)7-9(13)6-11-10(14)8-15-5-2/h5,9,13H,2,4,6-8H2,1,3H3,(H,11,14). The summed E-state index contributed by atoms with van der Waals surface area (Å²) >= 11 is 0. The largest absolute Gasteiger partial charge is 0.492 e. The number of aliphatic hydroxyl groups is 1. The van der Waals surface area contributed by atoms with Gasteiger partial charge in [0.25, 0.3) is 5.91 Å². The van der Waals surface area contributed by atoms with Crippen molar-refractivity contribution in [3.05, 3.63) is 12.8 Å². The molecule has 88 valence electrons. The van der Waals surface area contributed by atoms with Crippen LogP contribution in [0.25, 0.3) is 0 Å². The van der Waals surface area contributed by atoms with Gasteiger partial charge >= 0.3 is 0 Å². The van der Waals surface area contributed by atoms with Crippen LogP contribution in [-0.4, -0.2) is 55.3 Å². The fraction of sp³-hybridized carbons (Fsp3) is 0.700. The van der Waals surface area contributed by atoms with Crippen molar-refractivity contribution in [1.82, 2.24) is 10.2 Å². The highest BCUT2D eigenvalue weighted by Gasteiger charge is 2.08. The zero-order valence-corrected chi connectivity index (χ0v) is 9.40. The smallest absolute Gasteiger partial charge is 0.257 e. The van der Waals surface area contributed by atoms with Crippen LogP contribution in [0.15, 0.2) is 12.8 Å². The van der Waals surface area contributed by atoms with E-state index in [2.05, 4.69) is 16.6 Å². The molecular formula is C10H20N2O3. The van der Waals surface area contributed by atoms with Gasteiger partial charge in [-0.3, -0.25) is 4.79 Å². The van der Waals surface area contributed by atoms with E-state index >= 15 is 0 Å². The predicted octanol–water partition coefficient (Wildman–Crippen LogP) is -0.425. The Balaban J connectivity index is 3.56. The summed E-state index contributed by atoms with van der Waals surface area (Å²) in [7, 11) is 1.91. The lowest BCUT2D eigenvalue weighted by molar-refractivity contribution is -0.124. The molecule has 0 aromatic heterocycles. The molecule has 0 saturated heterocycles. The second-order valence-electron chi connectivity index (χ2n) is 3.29. The Bertz CT molecular complexity index is 197. The van der Waals surface area contributed by atoms with Crippen molar-refractivity contribution in [3.63, 3.8) is 0 Å². The van der Waals surface area contributed by atoms with Gasteiger partial charge in [-0.2, -0.15) is 0 Å². The van der Waals surface area contributed by atoms with Gasteiger partial charge in [-0.25, -0.2) is 0 Å². The molecule has 0 fully saturated rings. The van der Waals surface area contributed by atoms with Gasteiger partial charge in [-0.15, -0.1) is 0 Å². The Morgan fingerprint density at radius 1 is 1.73 bits per heavy atom. The van der Waals surface area contributed by atoms with Gasteiger partial charge in [-0.1, -0.05) is 13.5 Å². The lowest BCUT2D eigenvalue weighted by Gasteiger charge is -2.18. The summed E-state index contributed by atoms with van der Waals surface area (Å²) in [5.41, 5.74) is 0. The van der Waals surface area contributed by atoms with Crippen molar-refractivity contribution in [2.24, 2.45) is 0 Å². The SMILES string of the molecule is C=COCC(=O)NCC(O)CN(C)CC. The average Bonchev–Trinajstić information content (AvgIpc) is 2.23.